The van der Waals surface area contributed by atoms with Gasteiger partial charge in [-0.15, -0.1) is 0 Å². The van der Waals surface area contributed by atoms with Crippen molar-refractivity contribution < 1.29 is 14.3 Å². The first-order valence-corrected chi connectivity index (χ1v) is 11.4. The Balaban J connectivity index is 1.25. The van der Waals surface area contributed by atoms with Gasteiger partial charge < -0.3 is 14.5 Å². The average Bonchev–Trinajstić information content (AvgIpc) is 2.83. The van der Waals surface area contributed by atoms with Crippen molar-refractivity contribution in [1.82, 2.24) is 19.8 Å². The molecule has 2 heterocycles. The summed E-state index contributed by atoms with van der Waals surface area (Å²) in [7, 11) is 0. The maximum absolute atomic E-state index is 13.0. The second-order valence-electron chi connectivity index (χ2n) is 8.54. The number of hydrogen-bond acceptors (Lipinski definition) is 5. The van der Waals surface area contributed by atoms with Crippen molar-refractivity contribution in [3.05, 3.63) is 65.0 Å². The zero-order chi connectivity index (χ0) is 23.4. The predicted molar refractivity (Wildman–Crippen MR) is 127 cm³/mol. The van der Waals surface area contributed by atoms with E-state index in [1.807, 2.05) is 62.1 Å². The summed E-state index contributed by atoms with van der Waals surface area (Å²) in [5.41, 5.74) is 5.07. The molecule has 4 rings (SSSR count). The molecule has 172 valence electrons. The zero-order valence-corrected chi connectivity index (χ0v) is 19.5. The van der Waals surface area contributed by atoms with Gasteiger partial charge in [-0.3, -0.25) is 9.59 Å². The molecule has 1 saturated heterocycles. The number of aromatic nitrogens is 2. The lowest BCUT2D eigenvalue weighted by Crippen LogP contribution is -2.50. The first-order valence-electron chi connectivity index (χ1n) is 11.4. The Hall–Kier alpha value is -3.48. The highest BCUT2D eigenvalue weighted by molar-refractivity contribution is 5.97. The summed E-state index contributed by atoms with van der Waals surface area (Å²) >= 11 is 0. The fraction of sp³-hybridized carbons (Fsp3) is 0.385. The van der Waals surface area contributed by atoms with Gasteiger partial charge in [-0.2, -0.15) is 0 Å². The van der Waals surface area contributed by atoms with Crippen LogP contribution < -0.4 is 4.74 Å². The Bertz CT molecular complexity index is 1150. The van der Waals surface area contributed by atoms with E-state index < -0.39 is 0 Å². The van der Waals surface area contributed by atoms with Crippen LogP contribution in [0.1, 0.15) is 40.2 Å². The summed E-state index contributed by atoms with van der Waals surface area (Å²) in [5, 5.41) is 0. The summed E-state index contributed by atoms with van der Waals surface area (Å²) in [6.45, 7) is 8.55. The second kappa shape index (κ2) is 9.98. The smallest absolute Gasteiger partial charge is 0.254 e. The Morgan fingerprint density at radius 1 is 0.848 bits per heavy atom. The minimum absolute atomic E-state index is 0.0319. The molecule has 0 atom stereocenters. The molecule has 1 aliphatic heterocycles. The Morgan fingerprint density at radius 3 is 2.18 bits per heavy atom. The van der Waals surface area contributed by atoms with E-state index in [4.69, 9.17) is 4.74 Å². The van der Waals surface area contributed by atoms with Crippen LogP contribution in [0, 0.1) is 20.8 Å². The van der Waals surface area contributed by atoms with Crippen molar-refractivity contribution in [3.8, 4) is 5.75 Å². The summed E-state index contributed by atoms with van der Waals surface area (Å²) < 4.78 is 5.71. The van der Waals surface area contributed by atoms with Crippen LogP contribution in [0.25, 0.3) is 11.0 Å². The van der Waals surface area contributed by atoms with Crippen molar-refractivity contribution in [2.75, 3.05) is 32.8 Å². The number of nitrogens with zero attached hydrogens (tertiary/aromatic N) is 4. The topological polar surface area (TPSA) is 75.6 Å². The maximum Gasteiger partial charge on any atom is 0.254 e. The van der Waals surface area contributed by atoms with Crippen LogP contribution in [0.15, 0.2) is 42.5 Å². The molecule has 1 aromatic heterocycles. The normalized spacial score (nSPS) is 13.9. The number of benzene rings is 2. The van der Waals surface area contributed by atoms with Crippen molar-refractivity contribution in [1.29, 1.82) is 0 Å². The number of fused-ring (bicyclic) bond motifs is 1. The van der Waals surface area contributed by atoms with E-state index in [2.05, 4.69) is 9.97 Å². The van der Waals surface area contributed by atoms with Crippen LogP contribution in [0.3, 0.4) is 0 Å². The average molecular weight is 447 g/mol. The number of rotatable bonds is 6. The molecule has 3 aromatic rings. The molecular weight excluding hydrogens is 416 g/mol. The van der Waals surface area contributed by atoms with Gasteiger partial charge in [0.1, 0.15) is 5.75 Å². The number of piperazine rings is 1. The molecule has 0 saturated carbocycles. The molecule has 0 radical (unpaired) electrons. The third-order valence-electron chi connectivity index (χ3n) is 6.07. The highest BCUT2D eigenvalue weighted by atomic mass is 16.5. The van der Waals surface area contributed by atoms with Gasteiger partial charge in [-0.05, 0) is 57.5 Å². The Morgan fingerprint density at radius 2 is 1.48 bits per heavy atom. The molecule has 0 bridgehead atoms. The van der Waals surface area contributed by atoms with Gasteiger partial charge in [-0.25, -0.2) is 9.97 Å². The summed E-state index contributed by atoms with van der Waals surface area (Å²) in [5.74, 6) is 0.905. The van der Waals surface area contributed by atoms with E-state index in [-0.39, 0.29) is 11.8 Å². The molecule has 7 nitrogen and oxygen atoms in total. The molecule has 2 amide bonds. The number of hydrogen-bond donors (Lipinski definition) is 0. The fourth-order valence-corrected chi connectivity index (χ4v) is 3.91. The molecular formula is C26H30N4O3. The van der Waals surface area contributed by atoms with Crippen molar-refractivity contribution in [2.24, 2.45) is 0 Å². The Kier molecular flexibility index (Phi) is 6.87. The van der Waals surface area contributed by atoms with Crippen LogP contribution >= 0.6 is 0 Å². The molecule has 0 aliphatic carbocycles. The quantitative estimate of drug-likeness (QED) is 0.540. The van der Waals surface area contributed by atoms with Gasteiger partial charge in [0.15, 0.2) is 0 Å². The monoisotopic (exact) mass is 446 g/mol. The molecule has 33 heavy (non-hydrogen) atoms. The molecule has 0 N–H and O–H groups in total. The van der Waals surface area contributed by atoms with Gasteiger partial charge in [0.25, 0.3) is 5.91 Å². The molecule has 1 fully saturated rings. The van der Waals surface area contributed by atoms with E-state index in [0.717, 1.165) is 28.2 Å². The van der Waals surface area contributed by atoms with Crippen molar-refractivity contribution in [2.45, 2.75) is 33.6 Å². The van der Waals surface area contributed by atoms with E-state index in [0.29, 0.717) is 51.2 Å². The van der Waals surface area contributed by atoms with E-state index in [9.17, 15) is 9.59 Å². The van der Waals surface area contributed by atoms with Gasteiger partial charge in [0.2, 0.25) is 5.91 Å². The highest BCUT2D eigenvalue weighted by Crippen LogP contribution is 2.17. The molecule has 1 aliphatic rings. The fourth-order valence-electron chi connectivity index (χ4n) is 3.91. The lowest BCUT2D eigenvalue weighted by atomic mass is 10.1. The van der Waals surface area contributed by atoms with E-state index in [1.165, 1.54) is 5.56 Å². The zero-order valence-electron chi connectivity index (χ0n) is 19.5. The minimum atomic E-state index is -0.0319. The lowest BCUT2D eigenvalue weighted by molar-refractivity contribution is -0.132. The van der Waals surface area contributed by atoms with Gasteiger partial charge in [0.05, 0.1) is 29.0 Å². The first-order chi connectivity index (χ1) is 15.9. The number of ether oxygens (including phenoxy) is 1. The number of carbonyl (C=O) groups is 2. The largest absolute Gasteiger partial charge is 0.494 e. The maximum atomic E-state index is 13.0. The van der Waals surface area contributed by atoms with Crippen molar-refractivity contribution >= 4 is 22.8 Å². The van der Waals surface area contributed by atoms with Crippen molar-refractivity contribution in [3.63, 3.8) is 0 Å². The van der Waals surface area contributed by atoms with E-state index >= 15 is 0 Å². The lowest BCUT2D eigenvalue weighted by Gasteiger charge is -2.35. The van der Waals surface area contributed by atoms with Crippen LogP contribution in [-0.4, -0.2) is 64.4 Å². The second-order valence-corrected chi connectivity index (χ2v) is 8.54. The molecule has 0 spiro atoms. The first kappa shape index (κ1) is 22.7. The van der Waals surface area contributed by atoms with Gasteiger partial charge in [0, 0.05) is 38.2 Å². The molecule has 7 heteroatoms. The third kappa shape index (κ3) is 5.48. The molecule has 2 aromatic carbocycles. The third-order valence-corrected chi connectivity index (χ3v) is 6.07. The summed E-state index contributed by atoms with van der Waals surface area (Å²) in [6.07, 6.45) is 1.12. The predicted octanol–water partition coefficient (Wildman–Crippen LogP) is 3.70. The van der Waals surface area contributed by atoms with Gasteiger partial charge >= 0.3 is 0 Å². The minimum Gasteiger partial charge on any atom is -0.494 e. The highest BCUT2D eigenvalue weighted by Gasteiger charge is 2.25. The van der Waals surface area contributed by atoms with Crippen LogP contribution in [-0.2, 0) is 4.79 Å². The molecule has 0 unspecified atom stereocenters. The number of carbonyl (C=O) groups excluding carboxylic acids is 2. The van der Waals surface area contributed by atoms with E-state index in [1.54, 1.807) is 11.0 Å². The van der Waals surface area contributed by atoms with Crippen LogP contribution in [0.4, 0.5) is 0 Å². The SMILES string of the molecule is Cc1ccc(OCCCC(=O)N2CCN(C(=O)c3ccc4nc(C)c(C)nc4c3)CC2)cc1. The number of aryl methyl sites for hydroxylation is 3. The van der Waals surface area contributed by atoms with Crippen LogP contribution in [0.2, 0.25) is 0 Å². The Labute approximate surface area is 194 Å². The van der Waals surface area contributed by atoms with Gasteiger partial charge in [-0.1, -0.05) is 17.7 Å². The summed E-state index contributed by atoms with van der Waals surface area (Å²) in [4.78, 5) is 38.3. The van der Waals surface area contributed by atoms with Crippen LogP contribution in [0.5, 0.6) is 5.75 Å². The summed E-state index contributed by atoms with van der Waals surface area (Å²) in [6, 6.07) is 13.4. The standard InChI is InChI=1S/C26H30N4O3/c1-18-6-9-22(10-7-18)33-16-4-5-25(31)29-12-14-30(15-13-29)26(32)21-8-11-23-24(17-21)28-20(3)19(2)27-23/h6-11,17H,4-5,12-16H2,1-3H3. The number of amides is 2.